The van der Waals surface area contributed by atoms with E-state index in [-0.39, 0.29) is 11.7 Å². The number of carbonyl (C=O) groups is 1. The Kier molecular flexibility index (Phi) is 4.74. The maximum atomic E-state index is 11.1. The molecule has 0 saturated heterocycles. The molecule has 0 heterocycles. The number of aliphatic hydroxyl groups is 1. The van der Waals surface area contributed by atoms with Gasteiger partial charge >= 0.3 is 5.97 Å². The first kappa shape index (κ1) is 15.2. The fourth-order valence-corrected chi connectivity index (χ4v) is 2.59. The Morgan fingerprint density at radius 3 is 2.57 bits per heavy atom. The molecule has 0 radical (unpaired) electrons. The number of rotatable bonds is 5. The Morgan fingerprint density at radius 1 is 1.33 bits per heavy atom. The lowest BCUT2D eigenvalue weighted by Gasteiger charge is -2.25. The van der Waals surface area contributed by atoms with E-state index in [4.69, 9.17) is 5.11 Å². The van der Waals surface area contributed by atoms with E-state index in [1.165, 1.54) is 18.2 Å². The number of anilines is 1. The molecule has 1 aromatic carbocycles. The van der Waals surface area contributed by atoms with Crippen LogP contribution in [0.15, 0.2) is 18.2 Å². The van der Waals surface area contributed by atoms with Crippen molar-refractivity contribution < 1.29 is 19.9 Å². The predicted octanol–water partition coefficient (Wildman–Crippen LogP) is 2.26. The van der Waals surface area contributed by atoms with Gasteiger partial charge < -0.3 is 15.5 Å². The first-order valence-corrected chi connectivity index (χ1v) is 6.91. The summed E-state index contributed by atoms with van der Waals surface area (Å²) in [5, 5.41) is 32.4. The van der Waals surface area contributed by atoms with Crippen molar-refractivity contribution in [3.05, 3.63) is 33.9 Å². The smallest absolute Gasteiger partial charge is 0.342 e. The third-order valence-electron chi connectivity index (χ3n) is 3.83. The first-order valence-electron chi connectivity index (χ1n) is 6.91. The molecular weight excluding hydrogens is 276 g/mol. The molecule has 0 spiro atoms. The van der Waals surface area contributed by atoms with Crippen LogP contribution in [0.1, 0.15) is 36.0 Å². The standard InChI is InChI=1S/C14H18N2O5/c17-11-4-1-9(2-5-11)8-15-10-3-6-13(16(20)21)12(7-10)14(18)19/h3,6-7,9,11,15,17H,1-2,4-5,8H2,(H,18,19). The molecule has 7 heteroatoms. The molecule has 7 nitrogen and oxygen atoms in total. The normalized spacial score (nSPS) is 21.8. The Hall–Kier alpha value is -2.15. The third-order valence-corrected chi connectivity index (χ3v) is 3.83. The zero-order chi connectivity index (χ0) is 15.4. The van der Waals surface area contributed by atoms with E-state index in [1.807, 2.05) is 0 Å². The van der Waals surface area contributed by atoms with E-state index < -0.39 is 16.6 Å². The van der Waals surface area contributed by atoms with Crippen molar-refractivity contribution in [1.29, 1.82) is 0 Å². The summed E-state index contributed by atoms with van der Waals surface area (Å²) >= 11 is 0. The average molecular weight is 294 g/mol. The van der Waals surface area contributed by atoms with E-state index in [1.54, 1.807) is 0 Å². The van der Waals surface area contributed by atoms with Gasteiger partial charge in [0.2, 0.25) is 0 Å². The summed E-state index contributed by atoms with van der Waals surface area (Å²) in [5.74, 6) is -0.886. The predicted molar refractivity (Wildman–Crippen MR) is 76.5 cm³/mol. The van der Waals surface area contributed by atoms with Crippen LogP contribution < -0.4 is 5.32 Å². The van der Waals surface area contributed by atoms with Gasteiger partial charge in [0, 0.05) is 18.3 Å². The molecule has 114 valence electrons. The first-order chi connectivity index (χ1) is 9.97. The van der Waals surface area contributed by atoms with Crippen molar-refractivity contribution >= 4 is 17.3 Å². The van der Waals surface area contributed by atoms with Crippen LogP contribution in [0.3, 0.4) is 0 Å². The minimum atomic E-state index is -1.31. The van der Waals surface area contributed by atoms with E-state index in [9.17, 15) is 20.0 Å². The highest BCUT2D eigenvalue weighted by Crippen LogP contribution is 2.26. The minimum absolute atomic E-state index is 0.209. The molecule has 3 N–H and O–H groups in total. The van der Waals surface area contributed by atoms with Crippen molar-refractivity contribution in [2.45, 2.75) is 31.8 Å². The summed E-state index contributed by atoms with van der Waals surface area (Å²) < 4.78 is 0. The fourth-order valence-electron chi connectivity index (χ4n) is 2.59. The fraction of sp³-hybridized carbons (Fsp3) is 0.500. The second-order valence-corrected chi connectivity index (χ2v) is 5.35. The van der Waals surface area contributed by atoms with Crippen LogP contribution in [0.4, 0.5) is 11.4 Å². The van der Waals surface area contributed by atoms with Gasteiger partial charge in [-0.2, -0.15) is 0 Å². The summed E-state index contributed by atoms with van der Waals surface area (Å²) in [6.45, 7) is 0.670. The van der Waals surface area contributed by atoms with Crippen molar-refractivity contribution in [2.24, 2.45) is 5.92 Å². The van der Waals surface area contributed by atoms with Gasteiger partial charge in [0.05, 0.1) is 11.0 Å². The zero-order valence-corrected chi connectivity index (χ0v) is 11.5. The van der Waals surface area contributed by atoms with E-state index >= 15 is 0 Å². The second-order valence-electron chi connectivity index (χ2n) is 5.35. The van der Waals surface area contributed by atoms with Gasteiger partial charge in [-0.15, -0.1) is 0 Å². The highest BCUT2D eigenvalue weighted by atomic mass is 16.6. The SMILES string of the molecule is O=C(O)c1cc(NCC2CCC(O)CC2)ccc1[N+](=O)[O-]. The summed E-state index contributed by atoms with van der Waals surface area (Å²) in [6.07, 6.45) is 3.21. The van der Waals surface area contributed by atoms with Crippen LogP contribution in [0.25, 0.3) is 0 Å². The van der Waals surface area contributed by atoms with E-state index in [2.05, 4.69) is 5.32 Å². The van der Waals surface area contributed by atoms with Gasteiger partial charge in [0.1, 0.15) is 5.56 Å². The number of aromatic carboxylic acids is 1. The number of nitro groups is 1. The molecule has 1 aromatic rings. The number of nitrogens with zero attached hydrogens (tertiary/aromatic N) is 1. The highest BCUT2D eigenvalue weighted by Gasteiger charge is 2.21. The van der Waals surface area contributed by atoms with Crippen LogP contribution in [-0.2, 0) is 0 Å². The quantitative estimate of drug-likeness (QED) is 0.567. The number of benzene rings is 1. The van der Waals surface area contributed by atoms with Gasteiger partial charge in [-0.3, -0.25) is 10.1 Å². The Morgan fingerprint density at radius 2 is 2.00 bits per heavy atom. The molecule has 0 unspecified atom stereocenters. The zero-order valence-electron chi connectivity index (χ0n) is 11.5. The molecule has 0 aromatic heterocycles. The lowest BCUT2D eigenvalue weighted by Crippen LogP contribution is -2.23. The molecule has 0 amide bonds. The average Bonchev–Trinajstić information content (AvgIpc) is 2.46. The molecule has 1 saturated carbocycles. The number of carboxylic acid groups (broad SMARTS) is 1. The summed E-state index contributed by atoms with van der Waals surface area (Å²) in [5.41, 5.74) is -0.165. The number of carboxylic acids is 1. The largest absolute Gasteiger partial charge is 0.477 e. The maximum absolute atomic E-state index is 11.1. The van der Waals surface area contributed by atoms with Crippen LogP contribution in [0.5, 0.6) is 0 Å². The number of nitro benzene ring substituents is 1. The molecule has 1 fully saturated rings. The minimum Gasteiger partial charge on any atom is -0.477 e. The van der Waals surface area contributed by atoms with Crippen LogP contribution in [-0.4, -0.2) is 33.8 Å². The second kappa shape index (κ2) is 6.53. The summed E-state index contributed by atoms with van der Waals surface area (Å²) in [7, 11) is 0. The van der Waals surface area contributed by atoms with E-state index in [0.717, 1.165) is 25.7 Å². The molecule has 1 aliphatic rings. The lowest BCUT2D eigenvalue weighted by molar-refractivity contribution is -0.385. The topological polar surface area (TPSA) is 113 Å². The number of hydrogen-bond acceptors (Lipinski definition) is 5. The van der Waals surface area contributed by atoms with Crippen molar-refractivity contribution in [1.82, 2.24) is 0 Å². The number of hydrogen-bond donors (Lipinski definition) is 3. The molecule has 1 aliphatic carbocycles. The number of nitrogens with one attached hydrogen (secondary N) is 1. The molecule has 0 aliphatic heterocycles. The summed E-state index contributed by atoms with van der Waals surface area (Å²) in [6, 6.07) is 4.01. The Labute approximate surface area is 121 Å². The molecular formula is C14H18N2O5. The van der Waals surface area contributed by atoms with Gasteiger partial charge in [0.15, 0.2) is 0 Å². The van der Waals surface area contributed by atoms with Gasteiger partial charge in [-0.25, -0.2) is 4.79 Å². The highest BCUT2D eigenvalue weighted by molar-refractivity contribution is 5.93. The van der Waals surface area contributed by atoms with Crippen LogP contribution in [0, 0.1) is 16.0 Å². The van der Waals surface area contributed by atoms with Gasteiger partial charge in [-0.05, 0) is 43.7 Å². The summed E-state index contributed by atoms with van der Waals surface area (Å²) in [4.78, 5) is 21.1. The molecule has 21 heavy (non-hydrogen) atoms. The van der Waals surface area contributed by atoms with Crippen LogP contribution >= 0.6 is 0 Å². The van der Waals surface area contributed by atoms with Crippen LogP contribution in [0.2, 0.25) is 0 Å². The maximum Gasteiger partial charge on any atom is 0.342 e. The van der Waals surface area contributed by atoms with Crippen molar-refractivity contribution in [3.8, 4) is 0 Å². The molecule has 2 rings (SSSR count). The number of aliphatic hydroxyl groups excluding tert-OH is 1. The molecule has 0 bridgehead atoms. The van der Waals surface area contributed by atoms with Gasteiger partial charge in [0.25, 0.3) is 5.69 Å². The monoisotopic (exact) mass is 294 g/mol. The van der Waals surface area contributed by atoms with Gasteiger partial charge in [-0.1, -0.05) is 0 Å². The Bertz CT molecular complexity index is 538. The van der Waals surface area contributed by atoms with Crippen molar-refractivity contribution in [2.75, 3.05) is 11.9 Å². The third kappa shape index (κ3) is 3.91. The Balaban J connectivity index is 2.02. The van der Waals surface area contributed by atoms with Crippen molar-refractivity contribution in [3.63, 3.8) is 0 Å². The lowest BCUT2D eigenvalue weighted by atomic mass is 9.87. The molecule has 0 atom stereocenters. The van der Waals surface area contributed by atoms with E-state index in [0.29, 0.717) is 18.2 Å².